The van der Waals surface area contributed by atoms with Crippen LogP contribution in [0, 0.1) is 5.41 Å². The van der Waals surface area contributed by atoms with Crippen molar-refractivity contribution in [3.05, 3.63) is 0 Å². The maximum Gasteiger partial charge on any atom is 0.208 e. The standard InChI is InChI=1S/C13H29NO6S/c1-10(13(2,3)4)20-12(6-14-21(5,17)18)9-19-8-11(16)7-15/h10-12,14-16H,6-9H2,1-5H3. The molecule has 0 fully saturated rings. The highest BCUT2D eigenvalue weighted by Gasteiger charge is 2.25. The first-order chi connectivity index (χ1) is 9.45. The van der Waals surface area contributed by atoms with Crippen LogP contribution in [0.2, 0.25) is 0 Å². The van der Waals surface area contributed by atoms with Gasteiger partial charge in [-0.1, -0.05) is 20.8 Å². The third-order valence-corrected chi connectivity index (χ3v) is 3.71. The van der Waals surface area contributed by atoms with Crippen LogP contribution in [0.4, 0.5) is 0 Å². The molecule has 0 bridgehead atoms. The molecule has 21 heavy (non-hydrogen) atoms. The first kappa shape index (κ1) is 20.8. The van der Waals surface area contributed by atoms with Crippen molar-refractivity contribution >= 4 is 10.0 Å². The number of aliphatic hydroxyl groups is 2. The average molecular weight is 327 g/mol. The zero-order valence-corrected chi connectivity index (χ0v) is 14.3. The van der Waals surface area contributed by atoms with Gasteiger partial charge in [0.25, 0.3) is 0 Å². The topological polar surface area (TPSA) is 105 Å². The van der Waals surface area contributed by atoms with E-state index in [4.69, 9.17) is 14.6 Å². The predicted octanol–water partition coefficient (Wildman–Crippen LogP) is -0.275. The number of hydrogen-bond acceptors (Lipinski definition) is 6. The van der Waals surface area contributed by atoms with Gasteiger partial charge in [0.05, 0.1) is 38.3 Å². The van der Waals surface area contributed by atoms with Crippen LogP contribution in [0.15, 0.2) is 0 Å². The third kappa shape index (κ3) is 11.0. The molecule has 3 atom stereocenters. The first-order valence-corrected chi connectivity index (χ1v) is 8.81. The molecule has 0 saturated heterocycles. The quantitative estimate of drug-likeness (QED) is 0.510. The molecular weight excluding hydrogens is 298 g/mol. The Bertz CT molecular complexity index is 379. The molecule has 0 aliphatic carbocycles. The highest BCUT2D eigenvalue weighted by Crippen LogP contribution is 2.22. The number of aliphatic hydroxyl groups excluding tert-OH is 2. The molecule has 3 unspecified atom stereocenters. The van der Waals surface area contributed by atoms with Crippen LogP contribution >= 0.6 is 0 Å². The van der Waals surface area contributed by atoms with Crippen LogP contribution < -0.4 is 4.72 Å². The Hall–Kier alpha value is -0.250. The van der Waals surface area contributed by atoms with E-state index in [-0.39, 0.29) is 37.9 Å². The van der Waals surface area contributed by atoms with E-state index in [0.717, 1.165) is 6.26 Å². The summed E-state index contributed by atoms with van der Waals surface area (Å²) in [7, 11) is -3.31. The average Bonchev–Trinajstić information content (AvgIpc) is 2.33. The van der Waals surface area contributed by atoms with Gasteiger partial charge in [0, 0.05) is 6.54 Å². The van der Waals surface area contributed by atoms with Gasteiger partial charge in [-0.3, -0.25) is 0 Å². The molecule has 0 heterocycles. The van der Waals surface area contributed by atoms with E-state index in [0.29, 0.717) is 0 Å². The Morgan fingerprint density at radius 2 is 1.81 bits per heavy atom. The Kier molecular flexibility index (Phi) is 8.91. The van der Waals surface area contributed by atoms with Crippen LogP contribution in [0.1, 0.15) is 27.7 Å². The second kappa shape index (κ2) is 9.02. The summed E-state index contributed by atoms with van der Waals surface area (Å²) in [6, 6.07) is 0. The summed E-state index contributed by atoms with van der Waals surface area (Å²) in [5.74, 6) is 0. The smallest absolute Gasteiger partial charge is 0.208 e. The van der Waals surface area contributed by atoms with Gasteiger partial charge in [-0.05, 0) is 12.3 Å². The van der Waals surface area contributed by atoms with Crippen molar-refractivity contribution < 1.29 is 28.1 Å². The van der Waals surface area contributed by atoms with Crippen LogP contribution in [0.5, 0.6) is 0 Å². The Labute approximate surface area is 127 Å². The molecule has 0 aromatic heterocycles. The monoisotopic (exact) mass is 327 g/mol. The number of hydrogen-bond donors (Lipinski definition) is 3. The van der Waals surface area contributed by atoms with Crippen molar-refractivity contribution in [3.8, 4) is 0 Å². The fraction of sp³-hybridized carbons (Fsp3) is 1.00. The van der Waals surface area contributed by atoms with Gasteiger partial charge in [0.1, 0.15) is 6.10 Å². The summed E-state index contributed by atoms with van der Waals surface area (Å²) in [6.45, 7) is 7.79. The van der Waals surface area contributed by atoms with E-state index in [1.165, 1.54) is 0 Å². The van der Waals surface area contributed by atoms with E-state index in [1.54, 1.807) is 0 Å². The van der Waals surface area contributed by atoms with Crippen molar-refractivity contribution in [1.82, 2.24) is 4.72 Å². The lowest BCUT2D eigenvalue weighted by molar-refractivity contribution is -0.0941. The molecule has 0 rings (SSSR count). The normalized spacial score (nSPS) is 17.5. The molecule has 0 aromatic rings. The van der Waals surface area contributed by atoms with Crippen LogP contribution in [-0.2, 0) is 19.5 Å². The molecule has 0 amide bonds. The molecule has 8 heteroatoms. The maximum absolute atomic E-state index is 11.2. The molecule has 128 valence electrons. The van der Waals surface area contributed by atoms with Gasteiger partial charge in [-0.25, -0.2) is 13.1 Å². The highest BCUT2D eigenvalue weighted by atomic mass is 32.2. The van der Waals surface area contributed by atoms with Crippen molar-refractivity contribution in [1.29, 1.82) is 0 Å². The molecule has 0 aromatic carbocycles. The highest BCUT2D eigenvalue weighted by molar-refractivity contribution is 7.88. The Balaban J connectivity index is 4.47. The third-order valence-electron chi connectivity index (χ3n) is 3.01. The molecule has 0 saturated carbocycles. The van der Waals surface area contributed by atoms with Crippen molar-refractivity contribution in [2.45, 2.75) is 46.0 Å². The Morgan fingerprint density at radius 1 is 1.24 bits per heavy atom. The summed E-state index contributed by atoms with van der Waals surface area (Å²) in [4.78, 5) is 0. The molecule has 0 aliphatic rings. The molecule has 0 spiro atoms. The largest absolute Gasteiger partial charge is 0.394 e. The lowest BCUT2D eigenvalue weighted by Crippen LogP contribution is -2.41. The van der Waals surface area contributed by atoms with Gasteiger partial charge in [-0.2, -0.15) is 0 Å². The molecular formula is C13H29NO6S. The first-order valence-electron chi connectivity index (χ1n) is 6.92. The summed E-state index contributed by atoms with van der Waals surface area (Å²) in [5, 5.41) is 17.9. The summed E-state index contributed by atoms with van der Waals surface area (Å²) < 4.78 is 35.8. The number of nitrogens with one attached hydrogen (secondary N) is 1. The molecule has 3 N–H and O–H groups in total. The zero-order valence-electron chi connectivity index (χ0n) is 13.5. The Morgan fingerprint density at radius 3 is 2.24 bits per heavy atom. The van der Waals surface area contributed by atoms with Crippen LogP contribution in [0.3, 0.4) is 0 Å². The van der Waals surface area contributed by atoms with Crippen molar-refractivity contribution in [3.63, 3.8) is 0 Å². The predicted molar refractivity (Wildman–Crippen MR) is 80.5 cm³/mol. The second-order valence-electron chi connectivity index (χ2n) is 6.26. The van der Waals surface area contributed by atoms with E-state index in [1.807, 2.05) is 27.7 Å². The van der Waals surface area contributed by atoms with E-state index >= 15 is 0 Å². The van der Waals surface area contributed by atoms with Crippen molar-refractivity contribution in [2.24, 2.45) is 5.41 Å². The van der Waals surface area contributed by atoms with Gasteiger partial charge < -0.3 is 19.7 Å². The number of sulfonamides is 1. The summed E-state index contributed by atoms with van der Waals surface area (Å²) in [5.41, 5.74) is -0.0893. The minimum Gasteiger partial charge on any atom is -0.394 e. The lowest BCUT2D eigenvalue weighted by Gasteiger charge is -2.31. The SMILES string of the molecule is CC(OC(CNS(C)(=O)=O)COCC(O)CO)C(C)(C)C. The molecule has 0 aliphatic heterocycles. The van der Waals surface area contributed by atoms with E-state index in [2.05, 4.69) is 4.72 Å². The van der Waals surface area contributed by atoms with Crippen LogP contribution in [-0.4, -0.2) is 69.6 Å². The zero-order chi connectivity index (χ0) is 16.7. The van der Waals surface area contributed by atoms with E-state index < -0.39 is 22.2 Å². The fourth-order valence-electron chi connectivity index (χ4n) is 1.27. The fourth-order valence-corrected chi connectivity index (χ4v) is 1.76. The number of ether oxygens (including phenoxy) is 2. The van der Waals surface area contributed by atoms with Crippen molar-refractivity contribution in [2.75, 3.05) is 32.6 Å². The second-order valence-corrected chi connectivity index (χ2v) is 8.09. The summed E-state index contributed by atoms with van der Waals surface area (Å²) in [6.07, 6.45) is -0.447. The van der Waals surface area contributed by atoms with Gasteiger partial charge >= 0.3 is 0 Å². The lowest BCUT2D eigenvalue weighted by atomic mass is 9.90. The van der Waals surface area contributed by atoms with Gasteiger partial charge in [0.15, 0.2) is 0 Å². The minimum atomic E-state index is -3.31. The molecule has 7 nitrogen and oxygen atoms in total. The minimum absolute atomic E-state index is 0.0286. The van der Waals surface area contributed by atoms with Gasteiger partial charge in [0.2, 0.25) is 10.0 Å². The van der Waals surface area contributed by atoms with Gasteiger partial charge in [-0.15, -0.1) is 0 Å². The van der Waals surface area contributed by atoms with Crippen LogP contribution in [0.25, 0.3) is 0 Å². The van der Waals surface area contributed by atoms with E-state index in [9.17, 15) is 13.5 Å². The summed E-state index contributed by atoms with van der Waals surface area (Å²) >= 11 is 0. The molecule has 0 radical (unpaired) electrons. The maximum atomic E-state index is 11.2. The number of rotatable bonds is 10.